The predicted octanol–water partition coefficient (Wildman–Crippen LogP) is 4.46. The molecule has 0 bridgehead atoms. The molecule has 28 heavy (non-hydrogen) atoms. The van der Waals surface area contributed by atoms with Crippen LogP contribution in [0.2, 0.25) is 0 Å². The molecular formula is C22H18F2N2O2. The monoisotopic (exact) mass is 380 g/mol. The molecule has 142 valence electrons. The lowest BCUT2D eigenvalue weighted by Crippen LogP contribution is -2.23. The van der Waals surface area contributed by atoms with E-state index in [2.05, 4.69) is 10.6 Å². The Kier molecular flexibility index (Phi) is 5.79. The van der Waals surface area contributed by atoms with Gasteiger partial charge in [-0.25, -0.2) is 8.78 Å². The molecule has 3 aromatic rings. The highest BCUT2D eigenvalue weighted by molar-refractivity contribution is 6.05. The molecule has 0 unspecified atom stereocenters. The van der Waals surface area contributed by atoms with Gasteiger partial charge in [0.1, 0.15) is 11.6 Å². The zero-order valence-electron chi connectivity index (χ0n) is 15.1. The van der Waals surface area contributed by atoms with Crippen molar-refractivity contribution in [2.75, 3.05) is 5.32 Å². The fourth-order valence-electron chi connectivity index (χ4n) is 2.68. The van der Waals surface area contributed by atoms with Gasteiger partial charge >= 0.3 is 0 Å². The number of carbonyl (C=O) groups excluding carboxylic acids is 2. The molecule has 2 N–H and O–H groups in total. The van der Waals surface area contributed by atoms with Crippen LogP contribution in [-0.4, -0.2) is 11.8 Å². The van der Waals surface area contributed by atoms with Crippen molar-refractivity contribution in [2.45, 2.75) is 13.5 Å². The molecule has 0 saturated carbocycles. The Morgan fingerprint density at radius 1 is 0.821 bits per heavy atom. The summed E-state index contributed by atoms with van der Waals surface area (Å²) >= 11 is 0. The topological polar surface area (TPSA) is 58.2 Å². The number of aryl methyl sites for hydroxylation is 1. The molecule has 3 rings (SSSR count). The van der Waals surface area contributed by atoms with Crippen LogP contribution in [0.3, 0.4) is 0 Å². The number of hydrogen-bond donors (Lipinski definition) is 2. The summed E-state index contributed by atoms with van der Waals surface area (Å²) in [6.07, 6.45) is 0. The van der Waals surface area contributed by atoms with Crippen molar-refractivity contribution in [3.63, 3.8) is 0 Å². The van der Waals surface area contributed by atoms with Crippen molar-refractivity contribution in [2.24, 2.45) is 0 Å². The molecule has 0 aliphatic heterocycles. The number of nitrogens with one attached hydrogen (secondary N) is 2. The van der Waals surface area contributed by atoms with E-state index in [9.17, 15) is 18.4 Å². The van der Waals surface area contributed by atoms with E-state index in [4.69, 9.17) is 0 Å². The Labute approximate surface area is 161 Å². The lowest BCUT2D eigenvalue weighted by Gasteiger charge is -2.11. The van der Waals surface area contributed by atoms with Crippen LogP contribution in [-0.2, 0) is 6.54 Å². The molecule has 6 heteroatoms. The molecule has 0 atom stereocenters. The van der Waals surface area contributed by atoms with Gasteiger partial charge in [-0.05, 0) is 54.4 Å². The van der Waals surface area contributed by atoms with Crippen LogP contribution < -0.4 is 10.6 Å². The number of halogens is 2. The van der Waals surface area contributed by atoms with Crippen LogP contribution in [0, 0.1) is 18.6 Å². The second-order valence-corrected chi connectivity index (χ2v) is 6.31. The summed E-state index contributed by atoms with van der Waals surface area (Å²) in [5, 5.41) is 5.41. The first-order valence-electron chi connectivity index (χ1n) is 8.62. The number of amides is 2. The number of benzene rings is 3. The molecule has 3 aromatic carbocycles. The lowest BCUT2D eigenvalue weighted by atomic mass is 10.1. The normalized spacial score (nSPS) is 10.4. The smallest absolute Gasteiger partial charge is 0.255 e. The Hall–Kier alpha value is -3.54. The quantitative estimate of drug-likeness (QED) is 0.687. The van der Waals surface area contributed by atoms with Crippen LogP contribution >= 0.6 is 0 Å². The molecule has 0 spiro atoms. The fraction of sp³-hybridized carbons (Fsp3) is 0.0909. The first-order valence-corrected chi connectivity index (χ1v) is 8.62. The van der Waals surface area contributed by atoms with Gasteiger partial charge in [-0.2, -0.15) is 0 Å². The second-order valence-electron chi connectivity index (χ2n) is 6.31. The summed E-state index contributed by atoms with van der Waals surface area (Å²) in [7, 11) is 0. The number of rotatable bonds is 5. The summed E-state index contributed by atoms with van der Waals surface area (Å²) in [5.74, 6) is -2.10. The second kappa shape index (κ2) is 8.43. The highest BCUT2D eigenvalue weighted by Gasteiger charge is 2.12. The maximum absolute atomic E-state index is 13.2. The van der Waals surface area contributed by atoms with Crippen LogP contribution in [0.1, 0.15) is 31.8 Å². The largest absolute Gasteiger partial charge is 0.348 e. The van der Waals surface area contributed by atoms with Crippen molar-refractivity contribution < 1.29 is 18.4 Å². The Balaban J connectivity index is 1.71. The van der Waals surface area contributed by atoms with E-state index < -0.39 is 17.5 Å². The minimum atomic E-state index is -0.703. The summed E-state index contributed by atoms with van der Waals surface area (Å²) < 4.78 is 26.5. The van der Waals surface area contributed by atoms with Crippen LogP contribution in [0.5, 0.6) is 0 Å². The molecule has 0 aliphatic carbocycles. The van der Waals surface area contributed by atoms with Crippen molar-refractivity contribution in [3.05, 3.63) is 101 Å². The van der Waals surface area contributed by atoms with Gasteiger partial charge in [-0.3, -0.25) is 9.59 Å². The van der Waals surface area contributed by atoms with Gasteiger partial charge in [0.25, 0.3) is 11.8 Å². The van der Waals surface area contributed by atoms with E-state index >= 15 is 0 Å². The van der Waals surface area contributed by atoms with Gasteiger partial charge in [0.05, 0.1) is 0 Å². The van der Waals surface area contributed by atoms with Crippen LogP contribution in [0.25, 0.3) is 0 Å². The van der Waals surface area contributed by atoms with Gasteiger partial charge in [-0.15, -0.1) is 0 Å². The molecule has 0 aliphatic rings. The summed E-state index contributed by atoms with van der Waals surface area (Å²) in [4.78, 5) is 24.7. The maximum Gasteiger partial charge on any atom is 0.255 e. The Bertz CT molecular complexity index is 1000. The molecular weight excluding hydrogens is 362 g/mol. The zero-order valence-corrected chi connectivity index (χ0v) is 15.1. The van der Waals surface area contributed by atoms with E-state index in [-0.39, 0.29) is 12.5 Å². The molecule has 0 fully saturated rings. The molecule has 0 heterocycles. The van der Waals surface area contributed by atoms with Gasteiger partial charge in [-0.1, -0.05) is 24.3 Å². The summed E-state index contributed by atoms with van der Waals surface area (Å²) in [6, 6.07) is 16.7. The van der Waals surface area contributed by atoms with E-state index in [0.29, 0.717) is 22.4 Å². The molecule has 0 radical (unpaired) electrons. The molecule has 0 saturated heterocycles. The summed E-state index contributed by atoms with van der Waals surface area (Å²) in [5.41, 5.74) is 2.46. The van der Waals surface area contributed by atoms with E-state index in [1.165, 1.54) is 0 Å². The van der Waals surface area contributed by atoms with E-state index in [1.807, 2.05) is 13.0 Å². The Morgan fingerprint density at radius 2 is 1.50 bits per heavy atom. The van der Waals surface area contributed by atoms with Gasteiger partial charge in [0.2, 0.25) is 0 Å². The predicted molar refractivity (Wildman–Crippen MR) is 103 cm³/mol. The molecule has 2 amide bonds. The first-order chi connectivity index (χ1) is 13.4. The third-order valence-corrected chi connectivity index (χ3v) is 4.16. The van der Waals surface area contributed by atoms with Crippen LogP contribution in [0.4, 0.5) is 14.5 Å². The standard InChI is InChI=1S/C22H18F2N2O2/c1-14-7-8-17(11-20(14)26-22(28)16-5-3-2-4-6-16)21(27)25-13-15-9-18(23)12-19(24)10-15/h2-12H,13H2,1H3,(H,25,27)(H,26,28). The number of carbonyl (C=O) groups is 2. The van der Waals surface area contributed by atoms with E-state index in [0.717, 1.165) is 23.8 Å². The molecule has 4 nitrogen and oxygen atoms in total. The third-order valence-electron chi connectivity index (χ3n) is 4.16. The minimum absolute atomic E-state index is 0.0207. The van der Waals surface area contributed by atoms with Crippen molar-refractivity contribution in [1.29, 1.82) is 0 Å². The lowest BCUT2D eigenvalue weighted by molar-refractivity contribution is 0.0949. The minimum Gasteiger partial charge on any atom is -0.348 e. The zero-order chi connectivity index (χ0) is 20.1. The van der Waals surface area contributed by atoms with Crippen LogP contribution in [0.15, 0.2) is 66.7 Å². The van der Waals surface area contributed by atoms with Gasteiger partial charge in [0, 0.05) is 29.4 Å². The average Bonchev–Trinajstić information content (AvgIpc) is 2.67. The number of anilines is 1. The highest BCUT2D eigenvalue weighted by atomic mass is 19.1. The van der Waals surface area contributed by atoms with Crippen molar-refractivity contribution in [3.8, 4) is 0 Å². The van der Waals surface area contributed by atoms with Gasteiger partial charge in [0.15, 0.2) is 0 Å². The molecule has 0 aromatic heterocycles. The van der Waals surface area contributed by atoms with Crippen molar-refractivity contribution in [1.82, 2.24) is 5.32 Å². The SMILES string of the molecule is Cc1ccc(C(=O)NCc2cc(F)cc(F)c2)cc1NC(=O)c1ccccc1. The number of hydrogen-bond acceptors (Lipinski definition) is 2. The van der Waals surface area contributed by atoms with E-state index in [1.54, 1.807) is 42.5 Å². The summed E-state index contributed by atoms with van der Waals surface area (Å²) in [6.45, 7) is 1.80. The fourth-order valence-corrected chi connectivity index (χ4v) is 2.68. The van der Waals surface area contributed by atoms with Crippen molar-refractivity contribution >= 4 is 17.5 Å². The third kappa shape index (κ3) is 4.79. The average molecular weight is 380 g/mol. The first kappa shape index (κ1) is 19.2. The Morgan fingerprint density at radius 3 is 2.18 bits per heavy atom. The van der Waals surface area contributed by atoms with Gasteiger partial charge < -0.3 is 10.6 Å². The maximum atomic E-state index is 13.2. The highest BCUT2D eigenvalue weighted by Crippen LogP contribution is 2.18.